The molecule has 1 fully saturated rings. The monoisotopic (exact) mass is 356 g/mol. The maximum Gasteiger partial charge on any atom is 0.0848 e. The molecule has 0 radical (unpaired) electrons. The summed E-state index contributed by atoms with van der Waals surface area (Å²) >= 11 is 0. The van der Waals surface area contributed by atoms with Gasteiger partial charge in [0.05, 0.1) is 5.70 Å². The molecule has 0 saturated carbocycles. The second-order valence-electron chi connectivity index (χ2n) is 7.04. The zero-order chi connectivity index (χ0) is 18.5. The molecule has 1 saturated heterocycles. The van der Waals surface area contributed by atoms with E-state index in [1.54, 1.807) is 0 Å². The summed E-state index contributed by atoms with van der Waals surface area (Å²) in [6.07, 6.45) is 7.89. The Morgan fingerprint density at radius 1 is 0.926 bits per heavy atom. The first-order chi connectivity index (χ1) is 13.3. The molecule has 4 heteroatoms. The van der Waals surface area contributed by atoms with Crippen LogP contribution in [0.5, 0.6) is 0 Å². The molecule has 1 aromatic carbocycles. The molecule has 2 aromatic rings. The lowest BCUT2D eigenvalue weighted by Crippen LogP contribution is -2.45. The van der Waals surface area contributed by atoms with Crippen LogP contribution in [-0.4, -0.2) is 60.4 Å². The minimum atomic E-state index is 0.890. The highest BCUT2D eigenvalue weighted by molar-refractivity contribution is 5.90. The van der Waals surface area contributed by atoms with Crippen LogP contribution in [0.15, 0.2) is 77.6 Å². The van der Waals surface area contributed by atoms with Crippen LogP contribution in [0.2, 0.25) is 0 Å². The summed E-state index contributed by atoms with van der Waals surface area (Å²) in [7, 11) is 2.19. The fourth-order valence-electron chi connectivity index (χ4n) is 3.46. The van der Waals surface area contributed by atoms with Gasteiger partial charge in [-0.25, -0.2) is 4.99 Å². The molecular weight excluding hydrogens is 332 g/mol. The number of benzene rings is 1. The van der Waals surface area contributed by atoms with Crippen molar-refractivity contribution in [3.05, 3.63) is 83.7 Å². The molecule has 3 heterocycles. The lowest BCUT2D eigenvalue weighted by molar-refractivity contribution is 0.165. The zero-order valence-electron chi connectivity index (χ0n) is 15.7. The van der Waals surface area contributed by atoms with E-state index in [9.17, 15) is 0 Å². The number of aliphatic imine (C=N–C) groups is 1. The van der Waals surface area contributed by atoms with Crippen molar-refractivity contribution in [3.63, 3.8) is 0 Å². The van der Waals surface area contributed by atoms with E-state index in [0.717, 1.165) is 49.6 Å². The third-order valence-electron chi connectivity index (χ3n) is 5.08. The predicted octanol–water partition coefficient (Wildman–Crippen LogP) is 3.36. The number of hydrogen-bond acceptors (Lipinski definition) is 4. The van der Waals surface area contributed by atoms with E-state index >= 15 is 0 Å². The Hall–Kier alpha value is -2.78. The fraction of sp³-hybridized carbons (Fsp3) is 0.261. The molecule has 0 N–H and O–H groups in total. The van der Waals surface area contributed by atoms with E-state index in [-0.39, 0.29) is 0 Å². The van der Waals surface area contributed by atoms with Crippen LogP contribution in [-0.2, 0) is 0 Å². The Labute approximate surface area is 160 Å². The molecule has 1 aromatic heterocycles. The summed E-state index contributed by atoms with van der Waals surface area (Å²) in [4.78, 5) is 13.7. The van der Waals surface area contributed by atoms with E-state index in [1.807, 2.05) is 36.7 Å². The molecule has 4 rings (SSSR count). The van der Waals surface area contributed by atoms with Crippen LogP contribution in [0.1, 0.15) is 11.1 Å². The highest BCUT2D eigenvalue weighted by Gasteiger charge is 2.18. The zero-order valence-corrected chi connectivity index (χ0v) is 15.7. The van der Waals surface area contributed by atoms with Crippen LogP contribution in [0.4, 0.5) is 0 Å². The standard InChI is InChI=1S/C23H24N4/c1-26-13-15-27(16-14-26)18-22-17-21(19-5-3-2-4-6-19)9-12-25-23(22)20-7-10-24-11-8-20/h2-11,17H,13-16,18H2,1H3. The summed E-state index contributed by atoms with van der Waals surface area (Å²) in [5.74, 6) is 3.15. The van der Waals surface area contributed by atoms with Crippen molar-refractivity contribution in [1.29, 1.82) is 0 Å². The van der Waals surface area contributed by atoms with E-state index in [4.69, 9.17) is 0 Å². The van der Waals surface area contributed by atoms with Gasteiger partial charge in [-0.15, -0.1) is 0 Å². The maximum atomic E-state index is 4.69. The summed E-state index contributed by atoms with van der Waals surface area (Å²) < 4.78 is 0. The van der Waals surface area contributed by atoms with Crippen molar-refractivity contribution in [2.24, 2.45) is 4.99 Å². The van der Waals surface area contributed by atoms with Crippen molar-refractivity contribution >= 4 is 17.1 Å². The Morgan fingerprint density at radius 3 is 2.41 bits per heavy atom. The Balaban J connectivity index is 1.73. The molecule has 136 valence electrons. The normalized spacial score (nSPS) is 18.5. The Morgan fingerprint density at radius 2 is 1.67 bits per heavy atom. The minimum absolute atomic E-state index is 0.890. The minimum Gasteiger partial charge on any atom is -0.304 e. The number of nitrogens with zero attached hydrogens (tertiary/aromatic N) is 4. The van der Waals surface area contributed by atoms with E-state index in [1.165, 1.54) is 11.1 Å². The van der Waals surface area contributed by atoms with Crippen LogP contribution < -0.4 is 0 Å². The maximum absolute atomic E-state index is 4.69. The van der Waals surface area contributed by atoms with Crippen molar-refractivity contribution in [3.8, 4) is 0 Å². The number of likely N-dealkylation sites (N-methyl/N-ethyl adjacent to an activating group) is 1. The molecule has 0 unspecified atom stereocenters. The molecule has 0 atom stereocenters. The number of piperazine rings is 1. The SMILES string of the molecule is CN1CCN(CC2=C(c3ccncc3)N=C=CC(c3ccccc3)=C2)CC1. The number of aromatic nitrogens is 1. The van der Waals surface area contributed by atoms with Crippen LogP contribution in [0.3, 0.4) is 0 Å². The lowest BCUT2D eigenvalue weighted by Gasteiger charge is -2.32. The first kappa shape index (κ1) is 17.6. The molecule has 27 heavy (non-hydrogen) atoms. The predicted molar refractivity (Wildman–Crippen MR) is 112 cm³/mol. The van der Waals surface area contributed by atoms with Crippen molar-refractivity contribution < 1.29 is 0 Å². The Kier molecular flexibility index (Phi) is 5.40. The van der Waals surface area contributed by atoms with Gasteiger partial charge in [0.25, 0.3) is 0 Å². The van der Waals surface area contributed by atoms with Gasteiger partial charge in [0.2, 0.25) is 0 Å². The van der Waals surface area contributed by atoms with Crippen molar-refractivity contribution in [2.45, 2.75) is 0 Å². The van der Waals surface area contributed by atoms with Gasteiger partial charge in [0, 0.05) is 56.8 Å². The van der Waals surface area contributed by atoms with Gasteiger partial charge >= 0.3 is 0 Å². The largest absolute Gasteiger partial charge is 0.304 e. The van der Waals surface area contributed by atoms with E-state index in [0.29, 0.717) is 0 Å². The van der Waals surface area contributed by atoms with Gasteiger partial charge in [-0.2, -0.15) is 0 Å². The summed E-state index contributed by atoms with van der Waals surface area (Å²) in [5.41, 5.74) is 5.63. The van der Waals surface area contributed by atoms with Gasteiger partial charge < -0.3 is 4.90 Å². The van der Waals surface area contributed by atoms with Gasteiger partial charge in [-0.05, 0) is 47.8 Å². The molecule has 4 nitrogen and oxygen atoms in total. The second kappa shape index (κ2) is 8.28. The quantitative estimate of drug-likeness (QED) is 0.842. The summed E-state index contributed by atoms with van der Waals surface area (Å²) in [6.45, 7) is 5.26. The molecule has 0 bridgehead atoms. The van der Waals surface area contributed by atoms with Crippen LogP contribution in [0.25, 0.3) is 11.3 Å². The van der Waals surface area contributed by atoms with Crippen molar-refractivity contribution in [1.82, 2.24) is 14.8 Å². The number of hydrogen-bond donors (Lipinski definition) is 0. The molecule has 0 amide bonds. The number of rotatable bonds is 4. The first-order valence-electron chi connectivity index (χ1n) is 9.40. The first-order valence-corrected chi connectivity index (χ1v) is 9.40. The third kappa shape index (κ3) is 4.32. The Bertz CT molecular complexity index is 898. The third-order valence-corrected chi connectivity index (χ3v) is 5.08. The molecule has 0 spiro atoms. The van der Waals surface area contributed by atoms with Gasteiger partial charge in [0.15, 0.2) is 0 Å². The highest BCUT2D eigenvalue weighted by atomic mass is 15.2. The van der Waals surface area contributed by atoms with E-state index in [2.05, 4.69) is 63.0 Å². The van der Waals surface area contributed by atoms with Gasteiger partial charge in [0.1, 0.15) is 0 Å². The molecule has 2 aliphatic heterocycles. The van der Waals surface area contributed by atoms with Gasteiger partial charge in [-0.1, -0.05) is 30.3 Å². The van der Waals surface area contributed by atoms with Crippen LogP contribution in [0, 0.1) is 0 Å². The highest BCUT2D eigenvalue weighted by Crippen LogP contribution is 2.27. The lowest BCUT2D eigenvalue weighted by atomic mass is 10.0. The molecular formula is C23H24N4. The second-order valence-corrected chi connectivity index (χ2v) is 7.04. The number of allylic oxidation sites excluding steroid dienone is 2. The smallest absolute Gasteiger partial charge is 0.0848 e. The van der Waals surface area contributed by atoms with Crippen molar-refractivity contribution in [2.75, 3.05) is 39.8 Å². The summed E-state index contributed by atoms with van der Waals surface area (Å²) in [6, 6.07) is 14.5. The number of pyridine rings is 1. The topological polar surface area (TPSA) is 31.7 Å². The van der Waals surface area contributed by atoms with E-state index < -0.39 is 0 Å². The average molecular weight is 356 g/mol. The summed E-state index contributed by atoms with van der Waals surface area (Å²) in [5, 5.41) is 0. The average Bonchev–Trinajstić information content (AvgIpc) is 2.94. The molecule has 2 aliphatic rings. The fourth-order valence-corrected chi connectivity index (χ4v) is 3.46. The molecule has 0 aliphatic carbocycles. The van der Waals surface area contributed by atoms with Crippen LogP contribution >= 0.6 is 0 Å². The van der Waals surface area contributed by atoms with Gasteiger partial charge in [-0.3, -0.25) is 9.88 Å².